The molecule has 0 bridgehead atoms. The number of halogens is 1. The normalized spacial score (nSPS) is 16.6. The Bertz CT molecular complexity index is 674. The van der Waals surface area contributed by atoms with Gasteiger partial charge in [0.1, 0.15) is 0 Å². The molecule has 1 unspecified atom stereocenters. The smallest absolute Gasteiger partial charge is 0.252 e. The summed E-state index contributed by atoms with van der Waals surface area (Å²) in [6, 6.07) is 7.98. The largest absolute Gasteiger partial charge is 0.350 e. The average molecular weight is 369 g/mol. The molecule has 1 saturated heterocycles. The molecule has 1 amide bonds. The molecule has 8 heteroatoms. The zero-order chi connectivity index (χ0) is 16.1. The maximum absolute atomic E-state index is 12.4. The first-order valence-electron chi connectivity index (χ1n) is 7.75. The van der Waals surface area contributed by atoms with Gasteiger partial charge in [-0.1, -0.05) is 17.3 Å². The van der Waals surface area contributed by atoms with Gasteiger partial charge in [-0.25, -0.2) is 0 Å². The number of nitrogens with one attached hydrogen (secondary N) is 2. The van der Waals surface area contributed by atoms with Crippen molar-refractivity contribution < 1.29 is 9.32 Å². The minimum Gasteiger partial charge on any atom is -0.350 e. The van der Waals surface area contributed by atoms with Crippen molar-refractivity contribution in [2.24, 2.45) is 0 Å². The Morgan fingerprint density at radius 3 is 3.00 bits per heavy atom. The molecular weight excluding hydrogens is 348 g/mol. The van der Waals surface area contributed by atoms with Gasteiger partial charge in [0.2, 0.25) is 5.89 Å². The number of hydrogen-bond donors (Lipinski definition) is 2. The first-order chi connectivity index (χ1) is 11.2. The summed E-state index contributed by atoms with van der Waals surface area (Å²) in [4.78, 5) is 17.5. The predicted octanol–water partition coefficient (Wildman–Crippen LogP) is 2.57. The minimum atomic E-state index is -0.0384. The number of nitrogens with zero attached hydrogens (tertiary/aromatic N) is 2. The standard InChI is InChI=1S/C16H20N4O2S.ClH/c1-11-19-15(22-20-11)10-23-14-7-3-2-6-13(14)16(21)18-9-12-5-4-8-17-12;/h2-3,6-7,12,17H,4-5,8-10H2,1H3,(H,18,21);1H. The highest BCUT2D eigenvalue weighted by atomic mass is 35.5. The number of carbonyl (C=O) groups is 1. The fraction of sp³-hybridized carbons (Fsp3) is 0.438. The summed E-state index contributed by atoms with van der Waals surface area (Å²) in [5, 5.41) is 10.2. The van der Waals surface area contributed by atoms with E-state index in [4.69, 9.17) is 4.52 Å². The van der Waals surface area contributed by atoms with Crippen LogP contribution in [0.4, 0.5) is 0 Å². The molecule has 0 saturated carbocycles. The van der Waals surface area contributed by atoms with E-state index in [1.807, 2.05) is 24.3 Å². The van der Waals surface area contributed by atoms with E-state index < -0.39 is 0 Å². The summed E-state index contributed by atoms with van der Waals surface area (Å²) in [7, 11) is 0. The van der Waals surface area contributed by atoms with Crippen LogP contribution >= 0.6 is 24.2 Å². The van der Waals surface area contributed by atoms with Crippen LogP contribution < -0.4 is 10.6 Å². The second kappa shape index (κ2) is 9.05. The van der Waals surface area contributed by atoms with Crippen LogP contribution in [-0.2, 0) is 5.75 Å². The van der Waals surface area contributed by atoms with Crippen molar-refractivity contribution in [3.63, 3.8) is 0 Å². The molecule has 1 atom stereocenters. The molecule has 0 aliphatic carbocycles. The molecule has 24 heavy (non-hydrogen) atoms. The highest BCUT2D eigenvalue weighted by Gasteiger charge is 2.17. The Kier molecular flexibility index (Phi) is 7.08. The molecule has 6 nitrogen and oxygen atoms in total. The van der Waals surface area contributed by atoms with Crippen LogP contribution in [0.3, 0.4) is 0 Å². The van der Waals surface area contributed by atoms with Gasteiger partial charge in [0.15, 0.2) is 5.82 Å². The lowest BCUT2D eigenvalue weighted by atomic mass is 10.2. The summed E-state index contributed by atoms with van der Waals surface area (Å²) in [5.74, 6) is 1.70. The third-order valence-corrected chi connectivity index (χ3v) is 4.78. The van der Waals surface area contributed by atoms with Crippen molar-refractivity contribution >= 4 is 30.1 Å². The van der Waals surface area contributed by atoms with Crippen molar-refractivity contribution in [3.8, 4) is 0 Å². The number of aromatic nitrogens is 2. The Labute approximate surface area is 151 Å². The number of carbonyl (C=O) groups excluding carboxylic acids is 1. The van der Waals surface area contributed by atoms with Gasteiger partial charge in [-0.05, 0) is 38.4 Å². The zero-order valence-electron chi connectivity index (χ0n) is 13.4. The second-order valence-corrected chi connectivity index (χ2v) is 6.54. The Morgan fingerprint density at radius 1 is 1.46 bits per heavy atom. The maximum atomic E-state index is 12.4. The molecule has 2 heterocycles. The Hall–Kier alpha value is -1.57. The fourth-order valence-corrected chi connectivity index (χ4v) is 3.45. The van der Waals surface area contributed by atoms with Crippen LogP contribution in [-0.4, -0.2) is 35.2 Å². The van der Waals surface area contributed by atoms with Crippen LogP contribution in [0, 0.1) is 6.92 Å². The lowest BCUT2D eigenvalue weighted by molar-refractivity contribution is 0.0947. The lowest BCUT2D eigenvalue weighted by Gasteiger charge is -2.13. The minimum absolute atomic E-state index is 0. The quantitative estimate of drug-likeness (QED) is 0.763. The maximum Gasteiger partial charge on any atom is 0.252 e. The van der Waals surface area contributed by atoms with Crippen LogP contribution in [0.2, 0.25) is 0 Å². The molecule has 1 aliphatic heterocycles. The molecule has 1 aliphatic rings. The fourth-order valence-electron chi connectivity index (χ4n) is 2.56. The van der Waals surface area contributed by atoms with Crippen LogP contribution in [0.25, 0.3) is 0 Å². The third kappa shape index (κ3) is 4.96. The summed E-state index contributed by atoms with van der Waals surface area (Å²) in [6.45, 7) is 3.49. The molecule has 1 aromatic carbocycles. The summed E-state index contributed by atoms with van der Waals surface area (Å²) in [5.41, 5.74) is 0.687. The highest BCUT2D eigenvalue weighted by Crippen LogP contribution is 2.25. The molecule has 1 fully saturated rings. The van der Waals surface area contributed by atoms with Crippen LogP contribution in [0.15, 0.2) is 33.7 Å². The number of hydrogen-bond acceptors (Lipinski definition) is 6. The van der Waals surface area contributed by atoms with E-state index in [1.165, 1.54) is 18.2 Å². The molecule has 0 spiro atoms. The first-order valence-corrected chi connectivity index (χ1v) is 8.73. The van der Waals surface area contributed by atoms with Crippen LogP contribution in [0.5, 0.6) is 0 Å². The third-order valence-electron chi connectivity index (χ3n) is 3.72. The number of aryl methyl sites for hydroxylation is 1. The molecule has 130 valence electrons. The monoisotopic (exact) mass is 368 g/mol. The van der Waals surface area contributed by atoms with E-state index in [0.29, 0.717) is 35.6 Å². The van der Waals surface area contributed by atoms with Crippen molar-refractivity contribution in [1.29, 1.82) is 0 Å². The first kappa shape index (κ1) is 18.8. The van der Waals surface area contributed by atoms with E-state index >= 15 is 0 Å². The van der Waals surface area contributed by atoms with E-state index in [0.717, 1.165) is 17.9 Å². The summed E-state index contributed by atoms with van der Waals surface area (Å²) < 4.78 is 5.11. The Morgan fingerprint density at radius 2 is 2.29 bits per heavy atom. The highest BCUT2D eigenvalue weighted by molar-refractivity contribution is 7.98. The summed E-state index contributed by atoms with van der Waals surface area (Å²) >= 11 is 1.53. The van der Waals surface area contributed by atoms with Gasteiger partial charge in [0, 0.05) is 17.5 Å². The topological polar surface area (TPSA) is 80.0 Å². The SMILES string of the molecule is Cc1noc(CSc2ccccc2C(=O)NCC2CCCN2)n1.Cl. The van der Waals surface area contributed by atoms with E-state index in [9.17, 15) is 4.79 Å². The van der Waals surface area contributed by atoms with Gasteiger partial charge in [0.25, 0.3) is 5.91 Å². The van der Waals surface area contributed by atoms with Crippen molar-refractivity contribution in [3.05, 3.63) is 41.5 Å². The molecule has 3 rings (SSSR count). The van der Waals surface area contributed by atoms with Gasteiger partial charge < -0.3 is 15.2 Å². The predicted molar refractivity (Wildman–Crippen MR) is 95.6 cm³/mol. The number of amides is 1. The van der Waals surface area contributed by atoms with E-state index in [-0.39, 0.29) is 18.3 Å². The lowest BCUT2D eigenvalue weighted by Crippen LogP contribution is -2.37. The van der Waals surface area contributed by atoms with Gasteiger partial charge in [-0.15, -0.1) is 24.2 Å². The Balaban J connectivity index is 0.00000208. The van der Waals surface area contributed by atoms with E-state index in [2.05, 4.69) is 20.8 Å². The second-order valence-electron chi connectivity index (χ2n) is 5.52. The van der Waals surface area contributed by atoms with Crippen molar-refractivity contribution in [2.75, 3.05) is 13.1 Å². The molecule has 2 aromatic rings. The van der Waals surface area contributed by atoms with Gasteiger partial charge in [0.05, 0.1) is 11.3 Å². The molecule has 1 aromatic heterocycles. The number of benzene rings is 1. The molecular formula is C16H21ClN4O2S. The van der Waals surface area contributed by atoms with Gasteiger partial charge in [-0.3, -0.25) is 4.79 Å². The zero-order valence-corrected chi connectivity index (χ0v) is 15.1. The van der Waals surface area contributed by atoms with E-state index in [1.54, 1.807) is 6.92 Å². The number of rotatable bonds is 6. The van der Waals surface area contributed by atoms with Crippen molar-refractivity contribution in [2.45, 2.75) is 36.5 Å². The number of thioether (sulfide) groups is 1. The summed E-state index contributed by atoms with van der Waals surface area (Å²) in [6.07, 6.45) is 2.30. The van der Waals surface area contributed by atoms with Gasteiger partial charge in [-0.2, -0.15) is 4.98 Å². The molecule has 2 N–H and O–H groups in total. The molecule has 0 radical (unpaired) electrons. The average Bonchev–Trinajstić information content (AvgIpc) is 3.22. The van der Waals surface area contributed by atoms with Gasteiger partial charge >= 0.3 is 0 Å². The van der Waals surface area contributed by atoms with Crippen LogP contribution in [0.1, 0.15) is 34.9 Å². The van der Waals surface area contributed by atoms with Crippen molar-refractivity contribution in [1.82, 2.24) is 20.8 Å².